The van der Waals surface area contributed by atoms with E-state index >= 15 is 0 Å². The minimum atomic E-state index is -0.0638. The standard InChI is InChI=1S/C17H26N6S/c1-17(2,3)16-20-19-14-4-5-15(21-23(14)16)22-9-12(10-22)8-18-13-6-7-24-11-13/h4-5,12-13,18H,6-11H2,1-3H3. The Morgan fingerprint density at radius 3 is 2.79 bits per heavy atom. The number of hydrogen-bond donors (Lipinski definition) is 1. The third kappa shape index (κ3) is 3.11. The average Bonchev–Trinajstić information content (AvgIpc) is 3.13. The molecule has 2 saturated heterocycles. The quantitative estimate of drug-likeness (QED) is 0.913. The highest BCUT2D eigenvalue weighted by Gasteiger charge is 2.29. The van der Waals surface area contributed by atoms with E-state index in [4.69, 9.17) is 5.10 Å². The van der Waals surface area contributed by atoms with Crippen molar-refractivity contribution in [1.82, 2.24) is 25.1 Å². The smallest absolute Gasteiger partial charge is 0.178 e. The van der Waals surface area contributed by atoms with E-state index in [1.807, 2.05) is 10.6 Å². The number of thioether (sulfide) groups is 1. The monoisotopic (exact) mass is 346 g/mol. The number of aromatic nitrogens is 4. The molecule has 2 aromatic heterocycles. The first kappa shape index (κ1) is 16.1. The molecule has 0 spiro atoms. The minimum Gasteiger partial charge on any atom is -0.354 e. The van der Waals surface area contributed by atoms with Gasteiger partial charge in [0.15, 0.2) is 11.5 Å². The maximum absolute atomic E-state index is 4.79. The summed E-state index contributed by atoms with van der Waals surface area (Å²) in [6, 6.07) is 4.81. The van der Waals surface area contributed by atoms with Gasteiger partial charge in [-0.1, -0.05) is 20.8 Å². The second-order valence-electron chi connectivity index (χ2n) is 7.97. The molecule has 24 heavy (non-hydrogen) atoms. The van der Waals surface area contributed by atoms with Crippen molar-refractivity contribution < 1.29 is 0 Å². The Labute approximate surface area is 147 Å². The zero-order chi connectivity index (χ0) is 16.7. The van der Waals surface area contributed by atoms with Crippen LogP contribution in [0.5, 0.6) is 0 Å². The number of hydrogen-bond acceptors (Lipinski definition) is 6. The number of fused-ring (bicyclic) bond motifs is 1. The van der Waals surface area contributed by atoms with E-state index in [0.29, 0.717) is 0 Å². The van der Waals surface area contributed by atoms with Gasteiger partial charge in [0.1, 0.15) is 5.82 Å². The molecule has 1 N–H and O–H groups in total. The van der Waals surface area contributed by atoms with Gasteiger partial charge in [0, 0.05) is 42.8 Å². The van der Waals surface area contributed by atoms with Crippen molar-refractivity contribution in [3.63, 3.8) is 0 Å². The second kappa shape index (κ2) is 6.19. The van der Waals surface area contributed by atoms with Gasteiger partial charge in [-0.15, -0.1) is 15.3 Å². The molecular formula is C17H26N6S. The number of nitrogens with zero attached hydrogens (tertiary/aromatic N) is 5. The molecule has 0 aromatic carbocycles. The van der Waals surface area contributed by atoms with Gasteiger partial charge in [0.2, 0.25) is 0 Å². The van der Waals surface area contributed by atoms with Crippen molar-refractivity contribution >= 4 is 23.2 Å². The summed E-state index contributed by atoms with van der Waals surface area (Å²) >= 11 is 2.06. The highest BCUT2D eigenvalue weighted by Crippen LogP contribution is 2.25. The Hall–Kier alpha value is -1.34. The second-order valence-corrected chi connectivity index (χ2v) is 9.12. The van der Waals surface area contributed by atoms with Crippen LogP contribution in [0.2, 0.25) is 0 Å². The Kier molecular flexibility index (Phi) is 4.16. The van der Waals surface area contributed by atoms with Gasteiger partial charge >= 0.3 is 0 Å². The van der Waals surface area contributed by atoms with Gasteiger partial charge in [0.25, 0.3) is 0 Å². The van der Waals surface area contributed by atoms with E-state index in [-0.39, 0.29) is 5.41 Å². The van der Waals surface area contributed by atoms with Crippen LogP contribution in [-0.4, -0.2) is 57.0 Å². The first-order valence-electron chi connectivity index (χ1n) is 8.80. The van der Waals surface area contributed by atoms with E-state index in [1.165, 1.54) is 17.9 Å². The van der Waals surface area contributed by atoms with Gasteiger partial charge in [-0.25, -0.2) is 0 Å². The lowest BCUT2D eigenvalue weighted by Crippen LogP contribution is -2.52. The van der Waals surface area contributed by atoms with Crippen LogP contribution >= 0.6 is 11.8 Å². The van der Waals surface area contributed by atoms with Crippen molar-refractivity contribution in [2.75, 3.05) is 36.0 Å². The summed E-state index contributed by atoms with van der Waals surface area (Å²) in [5.41, 5.74) is 0.757. The lowest BCUT2D eigenvalue weighted by molar-refractivity contribution is 0.365. The minimum absolute atomic E-state index is 0.0638. The third-order valence-corrected chi connectivity index (χ3v) is 5.99. The molecule has 2 aromatic rings. The Morgan fingerprint density at radius 1 is 1.25 bits per heavy atom. The first-order chi connectivity index (χ1) is 11.5. The Bertz CT molecular complexity index is 709. The summed E-state index contributed by atoms with van der Waals surface area (Å²) in [6.07, 6.45) is 1.32. The summed E-state index contributed by atoms with van der Waals surface area (Å²) in [5.74, 6) is 5.26. The molecule has 1 atom stereocenters. The maximum atomic E-state index is 4.79. The van der Waals surface area contributed by atoms with Crippen molar-refractivity contribution in [3.8, 4) is 0 Å². The topological polar surface area (TPSA) is 58.4 Å². The molecule has 130 valence electrons. The summed E-state index contributed by atoms with van der Waals surface area (Å²) in [4.78, 5) is 2.35. The summed E-state index contributed by atoms with van der Waals surface area (Å²) in [6.45, 7) is 9.72. The molecule has 7 heteroatoms. The Morgan fingerprint density at radius 2 is 2.08 bits per heavy atom. The third-order valence-electron chi connectivity index (χ3n) is 4.83. The fourth-order valence-corrected chi connectivity index (χ4v) is 4.52. The van der Waals surface area contributed by atoms with E-state index in [2.05, 4.69) is 59.0 Å². The molecule has 0 bridgehead atoms. The number of nitrogens with one attached hydrogen (secondary N) is 1. The predicted molar refractivity (Wildman–Crippen MR) is 98.9 cm³/mol. The van der Waals surface area contributed by atoms with Crippen molar-refractivity contribution in [2.24, 2.45) is 5.92 Å². The fourth-order valence-electron chi connectivity index (χ4n) is 3.33. The number of anilines is 1. The van der Waals surface area contributed by atoms with Crippen LogP contribution in [0.3, 0.4) is 0 Å². The largest absolute Gasteiger partial charge is 0.354 e. The molecular weight excluding hydrogens is 320 g/mol. The molecule has 1 unspecified atom stereocenters. The van der Waals surface area contributed by atoms with Gasteiger partial charge in [-0.05, 0) is 24.3 Å². The first-order valence-corrected chi connectivity index (χ1v) is 9.95. The SMILES string of the molecule is CC(C)(C)c1nnc2ccc(N3CC(CNC4CCSC4)C3)nn12. The fraction of sp³-hybridized carbons (Fsp3) is 0.706. The Balaban J connectivity index is 1.40. The lowest BCUT2D eigenvalue weighted by atomic mass is 9.96. The van der Waals surface area contributed by atoms with Crippen molar-refractivity contribution in [1.29, 1.82) is 0 Å². The lowest BCUT2D eigenvalue weighted by Gasteiger charge is -2.40. The maximum Gasteiger partial charge on any atom is 0.178 e. The normalized spacial score (nSPS) is 22.3. The van der Waals surface area contributed by atoms with Crippen LogP contribution in [0.1, 0.15) is 33.0 Å². The zero-order valence-corrected chi connectivity index (χ0v) is 15.5. The highest BCUT2D eigenvalue weighted by atomic mass is 32.2. The summed E-state index contributed by atoms with van der Waals surface area (Å²) in [7, 11) is 0. The van der Waals surface area contributed by atoms with Gasteiger partial charge in [0.05, 0.1) is 0 Å². The van der Waals surface area contributed by atoms with Crippen molar-refractivity contribution in [2.45, 2.75) is 38.6 Å². The molecule has 0 aliphatic carbocycles. The molecule has 2 aliphatic rings. The molecule has 2 fully saturated rings. The molecule has 6 nitrogen and oxygen atoms in total. The van der Waals surface area contributed by atoms with E-state index in [9.17, 15) is 0 Å². The molecule has 0 radical (unpaired) electrons. The van der Waals surface area contributed by atoms with Crippen LogP contribution in [0.25, 0.3) is 5.65 Å². The van der Waals surface area contributed by atoms with Crippen LogP contribution in [0.15, 0.2) is 12.1 Å². The molecule has 4 heterocycles. The van der Waals surface area contributed by atoms with E-state index in [1.54, 1.807) is 0 Å². The predicted octanol–water partition coefficient (Wildman–Crippen LogP) is 1.95. The summed E-state index contributed by atoms with van der Waals surface area (Å²) < 4.78 is 1.90. The van der Waals surface area contributed by atoms with Crippen LogP contribution in [0.4, 0.5) is 5.82 Å². The van der Waals surface area contributed by atoms with Crippen LogP contribution in [0, 0.1) is 5.92 Å². The number of rotatable bonds is 4. The van der Waals surface area contributed by atoms with Gasteiger partial charge in [-0.3, -0.25) is 0 Å². The van der Waals surface area contributed by atoms with Crippen LogP contribution < -0.4 is 10.2 Å². The van der Waals surface area contributed by atoms with E-state index in [0.717, 1.165) is 48.9 Å². The molecule has 2 aliphatic heterocycles. The average molecular weight is 347 g/mol. The van der Waals surface area contributed by atoms with Crippen LogP contribution in [-0.2, 0) is 5.41 Å². The highest BCUT2D eigenvalue weighted by molar-refractivity contribution is 7.99. The molecule has 0 amide bonds. The van der Waals surface area contributed by atoms with Crippen molar-refractivity contribution in [3.05, 3.63) is 18.0 Å². The van der Waals surface area contributed by atoms with Gasteiger partial charge < -0.3 is 10.2 Å². The summed E-state index contributed by atoms with van der Waals surface area (Å²) in [5, 5.41) is 17.1. The van der Waals surface area contributed by atoms with E-state index < -0.39 is 0 Å². The molecule has 4 rings (SSSR count). The molecule has 0 saturated carbocycles. The van der Waals surface area contributed by atoms with Gasteiger partial charge in [-0.2, -0.15) is 16.3 Å². The zero-order valence-electron chi connectivity index (χ0n) is 14.7.